The third-order valence-corrected chi connectivity index (χ3v) is 3.06. The van der Waals surface area contributed by atoms with Gasteiger partial charge in [0.05, 0.1) is 12.1 Å². The van der Waals surface area contributed by atoms with Crippen molar-refractivity contribution in [2.75, 3.05) is 0 Å². The molecule has 0 saturated carbocycles. The smallest absolute Gasteiger partial charge is 0.309 e. The number of hydrogen-bond acceptors (Lipinski definition) is 2. The Hall–Kier alpha value is -2.36. The van der Waals surface area contributed by atoms with Gasteiger partial charge in [0.15, 0.2) is 0 Å². The first-order valence-corrected chi connectivity index (χ1v) is 5.72. The largest absolute Gasteiger partial charge is 0.481 e. The van der Waals surface area contributed by atoms with Crippen molar-refractivity contribution < 1.29 is 9.90 Å². The number of rotatable bonds is 2. The molecule has 4 nitrogen and oxygen atoms in total. The zero-order valence-electron chi connectivity index (χ0n) is 9.92. The molecule has 0 fully saturated rings. The topological polar surface area (TPSA) is 54.6 Å². The van der Waals surface area contributed by atoms with Crippen LogP contribution in [0.4, 0.5) is 0 Å². The summed E-state index contributed by atoms with van der Waals surface area (Å²) in [7, 11) is 0. The van der Waals surface area contributed by atoms with Crippen molar-refractivity contribution in [2.45, 2.75) is 13.3 Å². The third kappa shape index (κ3) is 1.62. The van der Waals surface area contributed by atoms with Crippen LogP contribution in [0.2, 0.25) is 0 Å². The standard InChI is InChI=1S/C14H12N2O2/c1-9-2-3-10-4-5-16-11(7-13(17)18)8-15-14(16)12(10)6-9/h2-6,8H,7H2,1H3,(H,17,18). The predicted molar refractivity (Wildman–Crippen MR) is 68.8 cm³/mol. The lowest BCUT2D eigenvalue weighted by Crippen LogP contribution is -2.03. The van der Waals surface area contributed by atoms with Crippen LogP contribution in [0.15, 0.2) is 36.7 Å². The number of carboxylic acids is 1. The van der Waals surface area contributed by atoms with Crippen LogP contribution in [0.1, 0.15) is 11.3 Å². The first kappa shape index (κ1) is 10.8. The number of fused-ring (bicyclic) bond motifs is 3. The predicted octanol–water partition coefficient (Wildman–Crippen LogP) is 2.42. The number of aryl methyl sites for hydroxylation is 1. The minimum absolute atomic E-state index is 0.0154. The SMILES string of the molecule is Cc1ccc2ccn3c(CC(=O)O)cnc3c2c1. The summed E-state index contributed by atoms with van der Waals surface area (Å²) < 4.78 is 1.84. The molecule has 1 aromatic carbocycles. The van der Waals surface area contributed by atoms with Gasteiger partial charge in [0, 0.05) is 17.8 Å². The Morgan fingerprint density at radius 1 is 1.39 bits per heavy atom. The van der Waals surface area contributed by atoms with E-state index in [-0.39, 0.29) is 6.42 Å². The Morgan fingerprint density at radius 2 is 2.22 bits per heavy atom. The molecule has 0 amide bonds. The fourth-order valence-corrected chi connectivity index (χ4v) is 2.21. The van der Waals surface area contributed by atoms with Crippen LogP contribution in [0.3, 0.4) is 0 Å². The minimum Gasteiger partial charge on any atom is -0.481 e. The van der Waals surface area contributed by atoms with Gasteiger partial charge in [-0.2, -0.15) is 0 Å². The molecule has 0 aliphatic carbocycles. The summed E-state index contributed by atoms with van der Waals surface area (Å²) in [5, 5.41) is 11.0. The van der Waals surface area contributed by atoms with E-state index in [0.717, 1.165) is 16.4 Å². The van der Waals surface area contributed by atoms with Crippen molar-refractivity contribution in [3.05, 3.63) is 47.9 Å². The molecule has 0 bridgehead atoms. The molecule has 0 saturated heterocycles. The molecule has 0 unspecified atom stereocenters. The molecule has 0 spiro atoms. The van der Waals surface area contributed by atoms with Crippen LogP contribution in [0.5, 0.6) is 0 Å². The van der Waals surface area contributed by atoms with Crippen LogP contribution in [0, 0.1) is 6.92 Å². The van der Waals surface area contributed by atoms with Crippen molar-refractivity contribution in [2.24, 2.45) is 0 Å². The van der Waals surface area contributed by atoms with Gasteiger partial charge in [-0.05, 0) is 24.4 Å². The highest BCUT2D eigenvalue weighted by molar-refractivity contribution is 5.94. The van der Waals surface area contributed by atoms with Gasteiger partial charge in [-0.25, -0.2) is 4.98 Å². The Kier molecular flexibility index (Phi) is 2.30. The number of aromatic nitrogens is 2. The van der Waals surface area contributed by atoms with E-state index < -0.39 is 5.97 Å². The number of pyridine rings is 1. The summed E-state index contributed by atoms with van der Waals surface area (Å²) in [5.41, 5.74) is 2.67. The van der Waals surface area contributed by atoms with Gasteiger partial charge in [0.25, 0.3) is 0 Å². The van der Waals surface area contributed by atoms with E-state index in [2.05, 4.69) is 23.2 Å². The molecule has 3 aromatic rings. The minimum atomic E-state index is -0.846. The first-order chi connectivity index (χ1) is 8.65. The summed E-state index contributed by atoms with van der Waals surface area (Å²) >= 11 is 0. The molecule has 2 heterocycles. The number of carboxylic acid groups (broad SMARTS) is 1. The maximum absolute atomic E-state index is 10.8. The first-order valence-electron chi connectivity index (χ1n) is 5.72. The fraction of sp³-hybridized carbons (Fsp3) is 0.143. The van der Waals surface area contributed by atoms with Crippen LogP contribution in [0.25, 0.3) is 16.4 Å². The Labute approximate surface area is 104 Å². The molecule has 90 valence electrons. The van der Waals surface area contributed by atoms with Gasteiger partial charge in [-0.15, -0.1) is 0 Å². The lowest BCUT2D eigenvalue weighted by molar-refractivity contribution is -0.136. The second-order valence-corrected chi connectivity index (χ2v) is 4.42. The summed E-state index contributed by atoms with van der Waals surface area (Å²) in [4.78, 5) is 15.1. The van der Waals surface area contributed by atoms with E-state index in [1.807, 2.05) is 23.6 Å². The highest BCUT2D eigenvalue weighted by Crippen LogP contribution is 2.21. The van der Waals surface area contributed by atoms with Gasteiger partial charge in [-0.1, -0.05) is 17.7 Å². The second kappa shape index (κ2) is 3.84. The molecule has 4 heteroatoms. The number of benzene rings is 1. The van der Waals surface area contributed by atoms with Gasteiger partial charge >= 0.3 is 5.97 Å². The zero-order chi connectivity index (χ0) is 12.7. The number of nitrogens with zero attached hydrogens (tertiary/aromatic N) is 2. The molecule has 0 atom stereocenters. The van der Waals surface area contributed by atoms with Crippen LogP contribution in [-0.2, 0) is 11.2 Å². The summed E-state index contributed by atoms with van der Waals surface area (Å²) in [6, 6.07) is 8.16. The Bertz CT molecular complexity index is 759. The highest BCUT2D eigenvalue weighted by Gasteiger charge is 2.09. The average molecular weight is 240 g/mol. The van der Waals surface area contributed by atoms with Crippen LogP contribution >= 0.6 is 0 Å². The van der Waals surface area contributed by atoms with E-state index in [9.17, 15) is 4.79 Å². The molecule has 0 radical (unpaired) electrons. The monoisotopic (exact) mass is 240 g/mol. The third-order valence-electron chi connectivity index (χ3n) is 3.06. The van der Waals surface area contributed by atoms with Gasteiger partial charge < -0.3 is 9.51 Å². The summed E-state index contributed by atoms with van der Waals surface area (Å²) in [6.07, 6.45) is 3.49. The number of aliphatic carboxylic acids is 1. The van der Waals surface area contributed by atoms with Gasteiger partial charge in [0.2, 0.25) is 0 Å². The van der Waals surface area contributed by atoms with Gasteiger partial charge in [-0.3, -0.25) is 4.79 Å². The summed E-state index contributed by atoms with van der Waals surface area (Å²) in [5.74, 6) is -0.846. The lowest BCUT2D eigenvalue weighted by Gasteiger charge is -2.03. The van der Waals surface area contributed by atoms with E-state index in [4.69, 9.17) is 5.11 Å². The molecule has 3 rings (SSSR count). The zero-order valence-corrected chi connectivity index (χ0v) is 9.92. The maximum Gasteiger partial charge on any atom is 0.309 e. The normalized spacial score (nSPS) is 11.2. The molecular weight excluding hydrogens is 228 g/mol. The molecular formula is C14H12N2O2. The van der Waals surface area contributed by atoms with E-state index in [1.54, 1.807) is 6.20 Å². The van der Waals surface area contributed by atoms with Crippen molar-refractivity contribution in [3.8, 4) is 0 Å². The van der Waals surface area contributed by atoms with Crippen molar-refractivity contribution in [1.29, 1.82) is 0 Å². The second-order valence-electron chi connectivity index (χ2n) is 4.42. The van der Waals surface area contributed by atoms with Crippen molar-refractivity contribution >= 4 is 22.4 Å². The highest BCUT2D eigenvalue weighted by atomic mass is 16.4. The number of imidazole rings is 1. The van der Waals surface area contributed by atoms with Gasteiger partial charge in [0.1, 0.15) is 5.65 Å². The number of hydrogen-bond donors (Lipinski definition) is 1. The molecule has 2 aromatic heterocycles. The fourth-order valence-electron chi connectivity index (χ4n) is 2.21. The lowest BCUT2D eigenvalue weighted by atomic mass is 10.1. The maximum atomic E-state index is 10.8. The van der Waals surface area contributed by atoms with E-state index in [1.165, 1.54) is 5.56 Å². The van der Waals surface area contributed by atoms with Crippen LogP contribution < -0.4 is 0 Å². The van der Waals surface area contributed by atoms with Crippen LogP contribution in [-0.4, -0.2) is 20.5 Å². The van der Waals surface area contributed by atoms with E-state index in [0.29, 0.717) is 5.69 Å². The Balaban J connectivity index is 2.31. The molecule has 18 heavy (non-hydrogen) atoms. The average Bonchev–Trinajstić information content (AvgIpc) is 2.72. The molecule has 0 aliphatic heterocycles. The number of carbonyl (C=O) groups is 1. The molecule has 1 N–H and O–H groups in total. The van der Waals surface area contributed by atoms with E-state index >= 15 is 0 Å². The van der Waals surface area contributed by atoms with Crippen molar-refractivity contribution in [1.82, 2.24) is 9.38 Å². The summed E-state index contributed by atoms with van der Waals surface area (Å²) in [6.45, 7) is 2.03. The quantitative estimate of drug-likeness (QED) is 0.748. The molecule has 0 aliphatic rings. The Morgan fingerprint density at radius 3 is 3.00 bits per heavy atom. The van der Waals surface area contributed by atoms with Crippen molar-refractivity contribution in [3.63, 3.8) is 0 Å².